The minimum Gasteiger partial charge on any atom is -0.362 e. The van der Waals surface area contributed by atoms with E-state index in [1.165, 1.54) is 24.3 Å². The molecule has 2 amide bonds. The molecular weight excluding hydrogens is 239 g/mol. The summed E-state index contributed by atoms with van der Waals surface area (Å²) >= 11 is 0. The first-order valence-corrected chi connectivity index (χ1v) is 5.50. The second-order valence-electron chi connectivity index (χ2n) is 4.05. The Hall–Kier alpha value is -1.79. The van der Waals surface area contributed by atoms with E-state index in [-0.39, 0.29) is 25.6 Å². The van der Waals surface area contributed by atoms with Gasteiger partial charge in [0.15, 0.2) is 0 Å². The number of hydrogen-bond acceptors (Lipinski definition) is 4. The number of nitrogens with zero attached hydrogens (tertiary/aromatic N) is 1. The van der Waals surface area contributed by atoms with Crippen molar-refractivity contribution in [2.45, 2.75) is 6.04 Å². The standard InChI is InChI=1S/C12H13FN2O3/c13-9-3-1-8(2-4-9)10(14)5-15-11(16)6-18-7-12(15)17/h1-4,10H,5-7,14H2. The molecule has 1 aliphatic heterocycles. The highest BCUT2D eigenvalue weighted by atomic mass is 19.1. The predicted molar refractivity (Wildman–Crippen MR) is 60.9 cm³/mol. The molecule has 96 valence electrons. The second-order valence-corrected chi connectivity index (χ2v) is 4.05. The summed E-state index contributed by atoms with van der Waals surface area (Å²) in [5, 5.41) is 0. The molecule has 6 heteroatoms. The summed E-state index contributed by atoms with van der Waals surface area (Å²) in [6.45, 7) is -0.142. The van der Waals surface area contributed by atoms with E-state index in [1.807, 2.05) is 0 Å². The Kier molecular flexibility index (Phi) is 3.69. The zero-order chi connectivity index (χ0) is 13.1. The minimum absolute atomic E-state index is 0.0761. The molecule has 2 rings (SSSR count). The Balaban J connectivity index is 2.06. The van der Waals surface area contributed by atoms with Gasteiger partial charge in [-0.25, -0.2) is 4.39 Å². The smallest absolute Gasteiger partial charge is 0.255 e. The number of imide groups is 1. The molecule has 0 radical (unpaired) electrons. The van der Waals surface area contributed by atoms with Gasteiger partial charge in [0.25, 0.3) is 11.8 Å². The Morgan fingerprint density at radius 1 is 1.22 bits per heavy atom. The van der Waals surface area contributed by atoms with Crippen molar-refractivity contribution in [1.29, 1.82) is 0 Å². The van der Waals surface area contributed by atoms with Gasteiger partial charge >= 0.3 is 0 Å². The number of morpholine rings is 1. The van der Waals surface area contributed by atoms with Crippen LogP contribution in [0, 0.1) is 5.82 Å². The lowest BCUT2D eigenvalue weighted by Crippen LogP contribution is -2.48. The van der Waals surface area contributed by atoms with E-state index in [1.54, 1.807) is 0 Å². The minimum atomic E-state index is -0.531. The maximum absolute atomic E-state index is 12.8. The number of halogens is 1. The number of nitrogens with two attached hydrogens (primary N) is 1. The lowest BCUT2D eigenvalue weighted by molar-refractivity contribution is -0.158. The van der Waals surface area contributed by atoms with Gasteiger partial charge in [-0.2, -0.15) is 0 Å². The largest absolute Gasteiger partial charge is 0.362 e. The third-order valence-electron chi connectivity index (χ3n) is 2.73. The Labute approximate surface area is 103 Å². The van der Waals surface area contributed by atoms with Crippen molar-refractivity contribution in [3.63, 3.8) is 0 Å². The molecule has 1 atom stereocenters. The molecule has 0 aliphatic carbocycles. The average Bonchev–Trinajstić information content (AvgIpc) is 2.34. The van der Waals surface area contributed by atoms with E-state index < -0.39 is 17.9 Å². The highest BCUT2D eigenvalue weighted by Crippen LogP contribution is 2.14. The van der Waals surface area contributed by atoms with Crippen molar-refractivity contribution in [1.82, 2.24) is 4.90 Å². The normalized spacial score (nSPS) is 18.0. The van der Waals surface area contributed by atoms with Gasteiger partial charge in [0.2, 0.25) is 0 Å². The fourth-order valence-corrected chi connectivity index (χ4v) is 1.74. The SMILES string of the molecule is NC(CN1C(=O)COCC1=O)c1ccc(F)cc1. The summed E-state index contributed by atoms with van der Waals surface area (Å²) in [5.74, 6) is -1.16. The van der Waals surface area contributed by atoms with Crippen LogP contribution < -0.4 is 5.73 Å². The van der Waals surface area contributed by atoms with E-state index in [0.29, 0.717) is 5.56 Å². The van der Waals surface area contributed by atoms with Crippen molar-refractivity contribution in [2.75, 3.05) is 19.8 Å². The second kappa shape index (κ2) is 5.24. The monoisotopic (exact) mass is 252 g/mol. The molecular formula is C12H13FN2O3. The lowest BCUT2D eigenvalue weighted by Gasteiger charge is -2.27. The third-order valence-corrected chi connectivity index (χ3v) is 2.73. The summed E-state index contributed by atoms with van der Waals surface area (Å²) in [6, 6.07) is 5.12. The summed E-state index contributed by atoms with van der Waals surface area (Å²) in [4.78, 5) is 24.1. The molecule has 1 aromatic carbocycles. The number of ether oxygens (including phenoxy) is 1. The fraction of sp³-hybridized carbons (Fsp3) is 0.333. The number of rotatable bonds is 3. The first kappa shape index (κ1) is 12.7. The van der Waals surface area contributed by atoms with Gasteiger partial charge in [-0.1, -0.05) is 12.1 Å². The summed E-state index contributed by atoms with van der Waals surface area (Å²) in [6.07, 6.45) is 0. The molecule has 1 saturated heterocycles. The van der Waals surface area contributed by atoms with Crippen LogP contribution in [0.4, 0.5) is 4.39 Å². The number of hydrogen-bond donors (Lipinski definition) is 1. The highest BCUT2D eigenvalue weighted by molar-refractivity contribution is 5.98. The molecule has 0 spiro atoms. The number of carbonyl (C=O) groups is 2. The summed E-state index contributed by atoms with van der Waals surface area (Å²) in [5.41, 5.74) is 6.56. The van der Waals surface area contributed by atoms with Gasteiger partial charge in [-0.3, -0.25) is 14.5 Å². The molecule has 0 aromatic heterocycles. The van der Waals surface area contributed by atoms with Crippen LogP contribution in [-0.2, 0) is 14.3 Å². The van der Waals surface area contributed by atoms with Crippen molar-refractivity contribution < 1.29 is 18.7 Å². The molecule has 1 unspecified atom stereocenters. The Morgan fingerprint density at radius 2 is 1.78 bits per heavy atom. The van der Waals surface area contributed by atoms with E-state index in [2.05, 4.69) is 0 Å². The van der Waals surface area contributed by atoms with Crippen molar-refractivity contribution in [3.8, 4) is 0 Å². The first-order valence-electron chi connectivity index (χ1n) is 5.50. The van der Waals surface area contributed by atoms with Gasteiger partial charge in [0.05, 0.1) is 0 Å². The van der Waals surface area contributed by atoms with Crippen molar-refractivity contribution in [2.24, 2.45) is 5.73 Å². The summed E-state index contributed by atoms with van der Waals surface area (Å²) in [7, 11) is 0. The maximum atomic E-state index is 12.8. The predicted octanol–water partition coefficient (Wildman–Crippen LogP) is 0.211. The zero-order valence-corrected chi connectivity index (χ0v) is 9.64. The van der Waals surface area contributed by atoms with Crippen LogP contribution in [0.25, 0.3) is 0 Å². The third kappa shape index (κ3) is 2.72. The Morgan fingerprint density at radius 3 is 2.33 bits per heavy atom. The van der Waals surface area contributed by atoms with Gasteiger partial charge in [-0.15, -0.1) is 0 Å². The molecule has 1 aliphatic rings. The average molecular weight is 252 g/mol. The van der Waals surface area contributed by atoms with E-state index in [9.17, 15) is 14.0 Å². The summed E-state index contributed by atoms with van der Waals surface area (Å²) < 4.78 is 17.6. The maximum Gasteiger partial charge on any atom is 0.255 e. The molecule has 1 fully saturated rings. The molecule has 0 saturated carbocycles. The first-order chi connectivity index (χ1) is 8.58. The van der Waals surface area contributed by atoms with Crippen LogP contribution in [0.3, 0.4) is 0 Å². The molecule has 0 bridgehead atoms. The number of carbonyl (C=O) groups excluding carboxylic acids is 2. The lowest BCUT2D eigenvalue weighted by atomic mass is 10.1. The van der Waals surface area contributed by atoms with Gasteiger partial charge in [-0.05, 0) is 17.7 Å². The number of amides is 2. The number of benzene rings is 1. The van der Waals surface area contributed by atoms with Crippen LogP contribution in [0.1, 0.15) is 11.6 Å². The van der Waals surface area contributed by atoms with Crippen LogP contribution >= 0.6 is 0 Å². The van der Waals surface area contributed by atoms with Gasteiger partial charge in [0.1, 0.15) is 19.0 Å². The zero-order valence-electron chi connectivity index (χ0n) is 9.64. The molecule has 18 heavy (non-hydrogen) atoms. The Bertz CT molecular complexity index is 445. The van der Waals surface area contributed by atoms with Crippen molar-refractivity contribution in [3.05, 3.63) is 35.6 Å². The van der Waals surface area contributed by atoms with E-state index in [4.69, 9.17) is 10.5 Å². The van der Waals surface area contributed by atoms with Crippen LogP contribution in [-0.4, -0.2) is 36.5 Å². The molecule has 2 N–H and O–H groups in total. The van der Waals surface area contributed by atoms with E-state index >= 15 is 0 Å². The van der Waals surface area contributed by atoms with Gasteiger partial charge < -0.3 is 10.5 Å². The van der Waals surface area contributed by atoms with E-state index in [0.717, 1.165) is 4.90 Å². The topological polar surface area (TPSA) is 72.6 Å². The molecule has 5 nitrogen and oxygen atoms in total. The quantitative estimate of drug-likeness (QED) is 0.780. The van der Waals surface area contributed by atoms with Crippen LogP contribution in [0.2, 0.25) is 0 Å². The van der Waals surface area contributed by atoms with Crippen LogP contribution in [0.15, 0.2) is 24.3 Å². The molecule has 1 aromatic rings. The van der Waals surface area contributed by atoms with Gasteiger partial charge in [0, 0.05) is 12.6 Å². The highest BCUT2D eigenvalue weighted by Gasteiger charge is 2.28. The van der Waals surface area contributed by atoms with Crippen LogP contribution in [0.5, 0.6) is 0 Å². The molecule has 1 heterocycles. The van der Waals surface area contributed by atoms with Crippen molar-refractivity contribution >= 4 is 11.8 Å². The fourth-order valence-electron chi connectivity index (χ4n) is 1.74.